The Kier molecular flexibility index (Phi) is 5.86. The third-order valence-electron chi connectivity index (χ3n) is 4.00. The summed E-state index contributed by atoms with van der Waals surface area (Å²) in [5, 5.41) is 9.40. The number of hydrogen-bond acceptors (Lipinski definition) is 4. The van der Waals surface area contributed by atoms with E-state index >= 15 is 0 Å². The van der Waals surface area contributed by atoms with Gasteiger partial charge in [-0.25, -0.2) is 5.10 Å². The molecule has 20 heavy (non-hydrogen) atoms. The second-order valence-electron chi connectivity index (χ2n) is 5.48. The van der Waals surface area contributed by atoms with Crippen molar-refractivity contribution in [2.75, 3.05) is 25.5 Å². The normalized spacial score (nSPS) is 16.6. The molecule has 0 amide bonds. The lowest BCUT2D eigenvalue weighted by Gasteiger charge is -2.31. The van der Waals surface area contributed by atoms with Gasteiger partial charge in [-0.15, -0.1) is 0 Å². The third kappa shape index (κ3) is 4.21. The van der Waals surface area contributed by atoms with Crippen LogP contribution in [0, 0.1) is 0 Å². The molecule has 6 heteroatoms. The lowest BCUT2D eigenvalue weighted by Crippen LogP contribution is -2.34. The molecule has 1 aromatic heterocycles. The summed E-state index contributed by atoms with van der Waals surface area (Å²) in [5.74, 6) is 0. The maximum Gasteiger partial charge on any atom is 0.285 e. The Bertz CT molecular complexity index is 470. The van der Waals surface area contributed by atoms with Crippen LogP contribution in [0.1, 0.15) is 38.5 Å². The Morgan fingerprint density at radius 3 is 2.95 bits per heavy atom. The molecule has 2 rings (SSSR count). The topological polar surface area (TPSA) is 61.0 Å². The van der Waals surface area contributed by atoms with Gasteiger partial charge in [-0.05, 0) is 32.9 Å². The Balaban J connectivity index is 1.70. The number of hydrogen-bond donors (Lipinski definition) is 2. The predicted octanol–water partition coefficient (Wildman–Crippen LogP) is 2.49. The van der Waals surface area contributed by atoms with E-state index < -0.39 is 0 Å². The molecule has 1 heterocycles. The molecule has 2 N–H and O–H groups in total. The monoisotopic (exact) mass is 298 g/mol. The number of nitrogens with one attached hydrogen (secondary N) is 2. The third-order valence-corrected chi connectivity index (χ3v) is 4.37. The smallest absolute Gasteiger partial charge is 0.285 e. The second-order valence-corrected chi connectivity index (χ2v) is 5.86. The standard InChI is InChI=1S/C14H23ClN4O/c1-19(11-6-3-2-4-7-11)9-5-8-16-12-10-17-18-14(20)13(12)15/h10-11H,2-9H2,1H3,(H2,16,18,20). The largest absolute Gasteiger partial charge is 0.382 e. The van der Waals surface area contributed by atoms with Gasteiger partial charge in [-0.3, -0.25) is 4.79 Å². The van der Waals surface area contributed by atoms with Crippen LogP contribution in [0.15, 0.2) is 11.0 Å². The molecule has 1 aliphatic carbocycles. The van der Waals surface area contributed by atoms with E-state index in [1.807, 2.05) is 0 Å². The summed E-state index contributed by atoms with van der Waals surface area (Å²) in [4.78, 5) is 13.7. The zero-order valence-electron chi connectivity index (χ0n) is 12.0. The zero-order valence-corrected chi connectivity index (χ0v) is 12.7. The van der Waals surface area contributed by atoms with Crippen LogP contribution in [0.3, 0.4) is 0 Å². The minimum absolute atomic E-state index is 0.181. The van der Waals surface area contributed by atoms with Crippen LogP contribution in [0.5, 0.6) is 0 Å². The maximum atomic E-state index is 11.3. The quantitative estimate of drug-likeness (QED) is 0.792. The molecule has 1 aromatic rings. The van der Waals surface area contributed by atoms with Crippen LogP contribution >= 0.6 is 11.6 Å². The Hall–Kier alpha value is -1.07. The van der Waals surface area contributed by atoms with Crippen LogP contribution in [0.2, 0.25) is 5.02 Å². The Labute approximate surface area is 124 Å². The van der Waals surface area contributed by atoms with Crippen molar-refractivity contribution in [2.24, 2.45) is 0 Å². The fraction of sp³-hybridized carbons (Fsp3) is 0.714. The van der Waals surface area contributed by atoms with E-state index in [1.54, 1.807) is 6.20 Å². The summed E-state index contributed by atoms with van der Waals surface area (Å²) in [6, 6.07) is 0.744. The van der Waals surface area contributed by atoms with Crippen LogP contribution in [-0.4, -0.2) is 41.3 Å². The molecule has 1 saturated carbocycles. The van der Waals surface area contributed by atoms with Crippen molar-refractivity contribution >= 4 is 17.3 Å². The van der Waals surface area contributed by atoms with Gasteiger partial charge in [0.2, 0.25) is 0 Å². The van der Waals surface area contributed by atoms with E-state index in [1.165, 1.54) is 32.1 Å². The highest BCUT2D eigenvalue weighted by Crippen LogP contribution is 2.21. The number of nitrogens with zero attached hydrogens (tertiary/aromatic N) is 2. The number of halogens is 1. The molecule has 0 aliphatic heterocycles. The molecule has 0 spiro atoms. The Morgan fingerprint density at radius 2 is 2.20 bits per heavy atom. The average molecular weight is 299 g/mol. The van der Waals surface area contributed by atoms with Gasteiger partial charge in [0.1, 0.15) is 5.02 Å². The number of anilines is 1. The first-order valence-electron chi connectivity index (χ1n) is 7.36. The van der Waals surface area contributed by atoms with Crippen molar-refractivity contribution in [3.63, 3.8) is 0 Å². The summed E-state index contributed by atoms with van der Waals surface area (Å²) < 4.78 is 0. The van der Waals surface area contributed by atoms with E-state index in [0.717, 1.165) is 25.6 Å². The number of aromatic nitrogens is 2. The second kappa shape index (κ2) is 7.64. The summed E-state index contributed by atoms with van der Waals surface area (Å²) in [6.07, 6.45) is 9.34. The van der Waals surface area contributed by atoms with Crippen LogP contribution in [0.4, 0.5) is 5.69 Å². The van der Waals surface area contributed by atoms with Crippen molar-refractivity contribution in [2.45, 2.75) is 44.6 Å². The molecule has 0 aromatic carbocycles. The van der Waals surface area contributed by atoms with E-state index in [2.05, 4.69) is 27.5 Å². The molecule has 1 fully saturated rings. The van der Waals surface area contributed by atoms with Crippen molar-refractivity contribution < 1.29 is 0 Å². The van der Waals surface area contributed by atoms with E-state index in [4.69, 9.17) is 11.6 Å². The SMILES string of the molecule is CN(CCCNc1cn[nH]c(=O)c1Cl)C1CCCCC1. The predicted molar refractivity (Wildman–Crippen MR) is 82.5 cm³/mol. The van der Waals surface area contributed by atoms with Crippen molar-refractivity contribution in [3.8, 4) is 0 Å². The molecule has 0 radical (unpaired) electrons. The van der Waals surface area contributed by atoms with Crippen molar-refractivity contribution in [1.29, 1.82) is 0 Å². The Morgan fingerprint density at radius 1 is 1.45 bits per heavy atom. The first kappa shape index (κ1) is 15.3. The van der Waals surface area contributed by atoms with Gasteiger partial charge in [0.15, 0.2) is 0 Å². The maximum absolute atomic E-state index is 11.3. The summed E-state index contributed by atoms with van der Waals surface area (Å²) in [7, 11) is 2.21. The first-order chi connectivity index (χ1) is 9.68. The fourth-order valence-electron chi connectivity index (χ4n) is 2.76. The zero-order chi connectivity index (χ0) is 14.4. The number of aromatic amines is 1. The van der Waals surface area contributed by atoms with Crippen molar-refractivity contribution in [1.82, 2.24) is 15.1 Å². The van der Waals surface area contributed by atoms with E-state index in [9.17, 15) is 4.79 Å². The van der Waals surface area contributed by atoms with Gasteiger partial charge >= 0.3 is 0 Å². The van der Waals surface area contributed by atoms with E-state index in [-0.39, 0.29) is 10.6 Å². The van der Waals surface area contributed by atoms with Gasteiger partial charge in [0.25, 0.3) is 5.56 Å². The number of rotatable bonds is 6. The molecule has 112 valence electrons. The lowest BCUT2D eigenvalue weighted by atomic mass is 9.94. The van der Waals surface area contributed by atoms with Gasteiger partial charge in [0, 0.05) is 12.6 Å². The minimum atomic E-state index is -0.351. The molecule has 0 saturated heterocycles. The van der Waals surface area contributed by atoms with Gasteiger partial charge in [-0.2, -0.15) is 5.10 Å². The highest BCUT2D eigenvalue weighted by molar-refractivity contribution is 6.32. The summed E-state index contributed by atoms with van der Waals surface area (Å²) in [6.45, 7) is 1.85. The van der Waals surface area contributed by atoms with E-state index in [0.29, 0.717) is 5.69 Å². The molecular weight excluding hydrogens is 276 g/mol. The molecule has 5 nitrogen and oxygen atoms in total. The van der Waals surface area contributed by atoms with Crippen LogP contribution in [0.25, 0.3) is 0 Å². The molecule has 1 aliphatic rings. The van der Waals surface area contributed by atoms with Gasteiger partial charge in [0.05, 0.1) is 11.9 Å². The van der Waals surface area contributed by atoms with Gasteiger partial charge < -0.3 is 10.2 Å². The minimum Gasteiger partial charge on any atom is -0.382 e. The number of H-pyrrole nitrogens is 1. The van der Waals surface area contributed by atoms with Gasteiger partial charge in [-0.1, -0.05) is 30.9 Å². The highest BCUT2D eigenvalue weighted by Gasteiger charge is 2.17. The molecule has 0 atom stereocenters. The summed E-state index contributed by atoms with van der Waals surface area (Å²) in [5.41, 5.74) is 0.256. The van der Waals surface area contributed by atoms with Crippen molar-refractivity contribution in [3.05, 3.63) is 21.6 Å². The van der Waals surface area contributed by atoms with Crippen LogP contribution < -0.4 is 10.9 Å². The molecule has 0 bridgehead atoms. The average Bonchev–Trinajstić information content (AvgIpc) is 2.48. The molecule has 0 unspecified atom stereocenters. The van der Waals surface area contributed by atoms with Crippen LogP contribution in [-0.2, 0) is 0 Å². The summed E-state index contributed by atoms with van der Waals surface area (Å²) >= 11 is 5.90. The fourth-order valence-corrected chi connectivity index (χ4v) is 2.92. The molecular formula is C14H23ClN4O. The first-order valence-corrected chi connectivity index (χ1v) is 7.73. The highest BCUT2D eigenvalue weighted by atomic mass is 35.5. The lowest BCUT2D eigenvalue weighted by molar-refractivity contribution is 0.191.